The molecule has 0 radical (unpaired) electrons. The lowest BCUT2D eigenvalue weighted by Gasteiger charge is -2.25. The molecule has 6 heteroatoms. The molecule has 1 atom stereocenters. The minimum absolute atomic E-state index is 0. The maximum atomic E-state index is 6.07. The second-order valence-corrected chi connectivity index (χ2v) is 7.01. The van der Waals surface area contributed by atoms with Gasteiger partial charge in [-0.3, -0.25) is 0 Å². The number of benzene rings is 1. The number of rotatable bonds is 5. The first kappa shape index (κ1) is 19.9. The van der Waals surface area contributed by atoms with Gasteiger partial charge in [-0.15, -0.1) is 12.4 Å². The van der Waals surface area contributed by atoms with Crippen molar-refractivity contribution in [2.75, 3.05) is 6.54 Å². The molecule has 0 aliphatic carbocycles. The second kappa shape index (κ2) is 8.40. The lowest BCUT2D eigenvalue weighted by molar-refractivity contribution is 0.408. The Hall–Kier alpha value is -0.0600. The summed E-state index contributed by atoms with van der Waals surface area (Å²) in [6.45, 7) is 7.16. The zero-order chi connectivity index (χ0) is 14.6. The third-order valence-electron chi connectivity index (χ3n) is 2.74. The fraction of sp³-hybridized carbons (Fsp3) is 0.500. The van der Waals surface area contributed by atoms with Crippen molar-refractivity contribution in [3.05, 3.63) is 33.8 Å². The lowest BCUT2D eigenvalue weighted by Crippen LogP contribution is -2.39. The molecule has 0 aliphatic heterocycles. The highest BCUT2D eigenvalue weighted by molar-refractivity contribution is 7.80. The molecule has 0 fully saturated rings. The normalized spacial score (nSPS) is 12.7. The summed E-state index contributed by atoms with van der Waals surface area (Å²) in [7, 11) is 0. The number of nitrogens with one attached hydrogen (secondary N) is 1. The van der Waals surface area contributed by atoms with Gasteiger partial charge in [0.15, 0.2) is 0 Å². The van der Waals surface area contributed by atoms with Gasteiger partial charge in [0, 0.05) is 24.4 Å². The maximum Gasteiger partial charge on any atom is 0.0733 e. The topological polar surface area (TPSA) is 38.0 Å². The molecule has 3 N–H and O–H groups in total. The fourth-order valence-electron chi connectivity index (χ4n) is 1.75. The molecule has 0 bridgehead atoms. The first-order chi connectivity index (χ1) is 8.69. The Labute approximate surface area is 142 Å². The van der Waals surface area contributed by atoms with Crippen molar-refractivity contribution in [1.29, 1.82) is 0 Å². The Morgan fingerprint density at radius 1 is 1.30 bits per heavy atom. The Morgan fingerprint density at radius 2 is 1.90 bits per heavy atom. The average molecular weight is 356 g/mol. The Kier molecular flexibility index (Phi) is 8.37. The summed E-state index contributed by atoms with van der Waals surface area (Å²) in [5, 5.41) is 4.59. The van der Waals surface area contributed by atoms with Gasteiger partial charge in [0.1, 0.15) is 0 Å². The van der Waals surface area contributed by atoms with E-state index in [4.69, 9.17) is 41.2 Å². The maximum absolute atomic E-state index is 6.07. The van der Waals surface area contributed by atoms with Gasteiger partial charge < -0.3 is 11.1 Å². The van der Waals surface area contributed by atoms with Crippen molar-refractivity contribution in [2.45, 2.75) is 38.6 Å². The number of nitrogens with two attached hydrogens (primary N) is 1. The van der Waals surface area contributed by atoms with Crippen LogP contribution in [0.5, 0.6) is 0 Å². The highest BCUT2D eigenvalue weighted by atomic mass is 35.5. The molecule has 0 saturated heterocycles. The van der Waals surface area contributed by atoms with E-state index in [1.165, 1.54) is 0 Å². The molecule has 2 nitrogen and oxygen atoms in total. The Bertz CT molecular complexity index is 458. The molecule has 0 heterocycles. The molecule has 20 heavy (non-hydrogen) atoms. The monoisotopic (exact) mass is 354 g/mol. The summed E-state index contributed by atoms with van der Waals surface area (Å²) in [5.41, 5.74) is 6.83. The average Bonchev–Trinajstić information content (AvgIpc) is 2.26. The molecule has 0 aromatic heterocycles. The third-order valence-corrected chi connectivity index (χ3v) is 3.65. The fourth-order valence-corrected chi connectivity index (χ4v) is 2.25. The number of thiocarbonyl (C=S) groups is 1. The van der Waals surface area contributed by atoms with Crippen molar-refractivity contribution in [3.8, 4) is 0 Å². The first-order valence-corrected chi connectivity index (χ1v) is 7.34. The van der Waals surface area contributed by atoms with Crippen LogP contribution >= 0.6 is 47.8 Å². The predicted octanol–water partition coefficient (Wildman–Crippen LogP) is 4.56. The predicted molar refractivity (Wildman–Crippen MR) is 95.6 cm³/mol. The van der Waals surface area contributed by atoms with E-state index >= 15 is 0 Å². The second-order valence-electron chi connectivity index (χ2n) is 5.67. The van der Waals surface area contributed by atoms with Gasteiger partial charge in [0.05, 0.1) is 15.0 Å². The van der Waals surface area contributed by atoms with E-state index in [1.807, 2.05) is 18.2 Å². The quantitative estimate of drug-likeness (QED) is 0.760. The molecule has 0 saturated carbocycles. The highest BCUT2D eigenvalue weighted by Gasteiger charge is 2.17. The lowest BCUT2D eigenvalue weighted by atomic mass is 9.94. The van der Waals surface area contributed by atoms with Crippen LogP contribution in [-0.2, 0) is 0 Å². The molecule has 1 unspecified atom stereocenters. The van der Waals surface area contributed by atoms with E-state index in [0.29, 0.717) is 21.5 Å². The smallest absolute Gasteiger partial charge is 0.0733 e. The van der Waals surface area contributed by atoms with Crippen molar-refractivity contribution >= 4 is 52.8 Å². The van der Waals surface area contributed by atoms with Crippen molar-refractivity contribution < 1.29 is 0 Å². The van der Waals surface area contributed by atoms with E-state index in [2.05, 4.69) is 26.1 Å². The van der Waals surface area contributed by atoms with Crippen LogP contribution < -0.4 is 11.1 Å². The molecule has 0 amide bonds. The molecule has 114 valence electrons. The van der Waals surface area contributed by atoms with Gasteiger partial charge in [-0.2, -0.15) is 0 Å². The molecule has 1 aromatic carbocycles. The standard InChI is InChI=1S/C14H20Cl2N2S.ClH/c1-14(2,3)18-8-10(7-13(17)19)9-4-5-11(15)12(16)6-9;/h4-6,10,18H,7-8H2,1-3H3,(H2,17,19);1H. The zero-order valence-corrected chi connectivity index (χ0v) is 15.0. The van der Waals surface area contributed by atoms with Crippen LogP contribution in [-0.4, -0.2) is 17.1 Å². The minimum atomic E-state index is 0. The van der Waals surface area contributed by atoms with Crippen LogP contribution in [0.1, 0.15) is 38.7 Å². The van der Waals surface area contributed by atoms with Crippen molar-refractivity contribution in [2.24, 2.45) is 5.73 Å². The Morgan fingerprint density at radius 3 is 2.35 bits per heavy atom. The first-order valence-electron chi connectivity index (χ1n) is 6.17. The molecule has 0 aliphatic rings. The van der Waals surface area contributed by atoms with Gasteiger partial charge in [-0.05, 0) is 38.5 Å². The summed E-state index contributed by atoms with van der Waals surface area (Å²) in [4.78, 5) is 0.506. The van der Waals surface area contributed by atoms with Crippen LogP contribution in [0.4, 0.5) is 0 Å². The number of halogens is 3. The molecule has 0 spiro atoms. The Balaban J connectivity index is 0.00000361. The van der Waals surface area contributed by atoms with E-state index in [1.54, 1.807) is 0 Å². The van der Waals surface area contributed by atoms with E-state index in [9.17, 15) is 0 Å². The minimum Gasteiger partial charge on any atom is -0.393 e. The van der Waals surface area contributed by atoms with Crippen LogP contribution in [0, 0.1) is 0 Å². The summed E-state index contributed by atoms with van der Waals surface area (Å²) >= 11 is 17.0. The molecule has 1 rings (SSSR count). The molecule has 1 aromatic rings. The van der Waals surface area contributed by atoms with Crippen LogP contribution in [0.3, 0.4) is 0 Å². The van der Waals surface area contributed by atoms with Gasteiger partial charge in [0.2, 0.25) is 0 Å². The van der Waals surface area contributed by atoms with E-state index < -0.39 is 0 Å². The molecular formula is C14H21Cl3N2S. The van der Waals surface area contributed by atoms with Gasteiger partial charge in [0.25, 0.3) is 0 Å². The number of hydrogen-bond donors (Lipinski definition) is 2. The third kappa shape index (κ3) is 7.09. The number of hydrogen-bond acceptors (Lipinski definition) is 2. The SMILES string of the molecule is CC(C)(C)NCC(CC(N)=S)c1ccc(Cl)c(Cl)c1.Cl. The highest BCUT2D eigenvalue weighted by Crippen LogP contribution is 2.28. The van der Waals surface area contributed by atoms with E-state index in [-0.39, 0.29) is 23.9 Å². The summed E-state index contributed by atoms with van der Waals surface area (Å²) in [5.74, 6) is 0.200. The summed E-state index contributed by atoms with van der Waals surface area (Å²) in [6.07, 6.45) is 0.649. The largest absolute Gasteiger partial charge is 0.393 e. The summed E-state index contributed by atoms with van der Waals surface area (Å²) < 4.78 is 0. The van der Waals surface area contributed by atoms with E-state index in [0.717, 1.165) is 12.1 Å². The summed E-state index contributed by atoms with van der Waals surface area (Å²) in [6, 6.07) is 5.67. The van der Waals surface area contributed by atoms with Gasteiger partial charge in [-0.1, -0.05) is 41.5 Å². The van der Waals surface area contributed by atoms with Gasteiger partial charge in [-0.25, -0.2) is 0 Å². The zero-order valence-electron chi connectivity index (χ0n) is 11.9. The van der Waals surface area contributed by atoms with Crippen LogP contribution in [0.25, 0.3) is 0 Å². The van der Waals surface area contributed by atoms with Crippen molar-refractivity contribution in [3.63, 3.8) is 0 Å². The van der Waals surface area contributed by atoms with Crippen LogP contribution in [0.15, 0.2) is 18.2 Å². The van der Waals surface area contributed by atoms with Crippen molar-refractivity contribution in [1.82, 2.24) is 5.32 Å². The van der Waals surface area contributed by atoms with Gasteiger partial charge >= 0.3 is 0 Å². The van der Waals surface area contributed by atoms with Crippen LogP contribution in [0.2, 0.25) is 10.0 Å². The molecular weight excluding hydrogens is 335 g/mol.